The van der Waals surface area contributed by atoms with E-state index < -0.39 is 0 Å². The molecular formula is C16H19NOS. The second-order valence-electron chi connectivity index (χ2n) is 4.26. The first-order valence-electron chi connectivity index (χ1n) is 6.28. The average Bonchev–Trinajstić information content (AvgIpc) is 2.48. The lowest BCUT2D eigenvalue weighted by Crippen LogP contribution is -2.16. The molecule has 0 aliphatic rings. The van der Waals surface area contributed by atoms with Crippen molar-refractivity contribution >= 4 is 17.4 Å². The van der Waals surface area contributed by atoms with Crippen molar-refractivity contribution < 1.29 is 4.74 Å². The zero-order chi connectivity index (χ0) is 13.5. The molecule has 0 aromatic heterocycles. The fourth-order valence-corrected chi connectivity index (χ4v) is 2.59. The van der Waals surface area contributed by atoms with Gasteiger partial charge in [0, 0.05) is 17.7 Å². The second kappa shape index (κ2) is 7.22. The molecule has 1 N–H and O–H groups in total. The fourth-order valence-electron chi connectivity index (χ4n) is 2.02. The van der Waals surface area contributed by atoms with E-state index >= 15 is 0 Å². The highest BCUT2D eigenvalue weighted by Gasteiger charge is 2.12. The van der Waals surface area contributed by atoms with Gasteiger partial charge in [0.1, 0.15) is 0 Å². The van der Waals surface area contributed by atoms with Gasteiger partial charge >= 0.3 is 0 Å². The number of thioether (sulfide) groups is 1. The maximum atomic E-state index is 5.33. The molecule has 0 radical (unpaired) electrons. The van der Waals surface area contributed by atoms with Crippen LogP contribution in [-0.2, 0) is 4.74 Å². The van der Waals surface area contributed by atoms with Crippen molar-refractivity contribution in [2.24, 2.45) is 0 Å². The summed E-state index contributed by atoms with van der Waals surface area (Å²) in [6.45, 7) is 0.646. The zero-order valence-corrected chi connectivity index (χ0v) is 12.1. The van der Waals surface area contributed by atoms with E-state index in [4.69, 9.17) is 4.74 Å². The molecule has 100 valence electrons. The molecule has 0 amide bonds. The van der Waals surface area contributed by atoms with Crippen LogP contribution in [0.15, 0.2) is 59.5 Å². The highest BCUT2D eigenvalue weighted by Crippen LogP contribution is 2.28. The van der Waals surface area contributed by atoms with Crippen LogP contribution in [0.1, 0.15) is 11.6 Å². The normalized spacial score (nSPS) is 12.1. The lowest BCUT2D eigenvalue weighted by Gasteiger charge is -2.21. The third kappa shape index (κ3) is 3.75. The molecule has 1 atom stereocenters. The van der Waals surface area contributed by atoms with Crippen LogP contribution in [0.2, 0.25) is 0 Å². The third-order valence-electron chi connectivity index (χ3n) is 2.97. The topological polar surface area (TPSA) is 21.3 Å². The van der Waals surface area contributed by atoms with Crippen LogP contribution in [0, 0.1) is 0 Å². The van der Waals surface area contributed by atoms with Crippen LogP contribution >= 0.6 is 11.8 Å². The highest BCUT2D eigenvalue weighted by atomic mass is 32.2. The Morgan fingerprint density at radius 1 is 1.05 bits per heavy atom. The number of hydrogen-bond acceptors (Lipinski definition) is 3. The summed E-state index contributed by atoms with van der Waals surface area (Å²) in [6, 6.07) is 18.9. The van der Waals surface area contributed by atoms with E-state index in [9.17, 15) is 0 Å². The quantitative estimate of drug-likeness (QED) is 0.797. The van der Waals surface area contributed by atoms with Gasteiger partial charge in [-0.2, -0.15) is 0 Å². The number of methoxy groups -OCH3 is 1. The van der Waals surface area contributed by atoms with Crippen LogP contribution in [0.3, 0.4) is 0 Å². The van der Waals surface area contributed by atoms with Gasteiger partial charge < -0.3 is 10.1 Å². The molecule has 19 heavy (non-hydrogen) atoms. The Balaban J connectivity index is 2.21. The lowest BCUT2D eigenvalue weighted by molar-refractivity contribution is 0.186. The van der Waals surface area contributed by atoms with E-state index in [1.54, 1.807) is 18.9 Å². The van der Waals surface area contributed by atoms with Crippen molar-refractivity contribution in [2.45, 2.75) is 10.9 Å². The van der Waals surface area contributed by atoms with Crippen LogP contribution in [-0.4, -0.2) is 20.0 Å². The van der Waals surface area contributed by atoms with Gasteiger partial charge in [-0.25, -0.2) is 0 Å². The van der Waals surface area contributed by atoms with Gasteiger partial charge in [-0.3, -0.25) is 0 Å². The van der Waals surface area contributed by atoms with E-state index in [2.05, 4.69) is 60.1 Å². The molecule has 0 saturated carbocycles. The monoisotopic (exact) mass is 273 g/mol. The zero-order valence-electron chi connectivity index (χ0n) is 11.3. The van der Waals surface area contributed by atoms with E-state index in [0.717, 1.165) is 5.69 Å². The first-order valence-corrected chi connectivity index (χ1v) is 7.51. The fraction of sp³-hybridized carbons (Fsp3) is 0.250. The molecule has 3 heteroatoms. The van der Waals surface area contributed by atoms with Crippen molar-refractivity contribution in [3.8, 4) is 0 Å². The molecule has 2 aromatic carbocycles. The molecule has 0 bridgehead atoms. The van der Waals surface area contributed by atoms with Crippen molar-refractivity contribution in [1.82, 2.24) is 0 Å². The van der Waals surface area contributed by atoms with Gasteiger partial charge in [0.2, 0.25) is 0 Å². The summed E-state index contributed by atoms with van der Waals surface area (Å²) in [5.74, 6) is 0. The second-order valence-corrected chi connectivity index (χ2v) is 5.11. The van der Waals surface area contributed by atoms with Gasteiger partial charge in [0.15, 0.2) is 0 Å². The Morgan fingerprint density at radius 2 is 1.74 bits per heavy atom. The number of para-hydroxylation sites is 1. The van der Waals surface area contributed by atoms with Gasteiger partial charge in [0.05, 0.1) is 12.6 Å². The van der Waals surface area contributed by atoms with Crippen molar-refractivity contribution in [3.05, 3.63) is 60.2 Å². The first-order chi connectivity index (χ1) is 9.35. The van der Waals surface area contributed by atoms with E-state index in [0.29, 0.717) is 6.61 Å². The molecule has 0 aliphatic carbocycles. The molecule has 0 saturated heterocycles. The van der Waals surface area contributed by atoms with Crippen LogP contribution in [0.4, 0.5) is 5.69 Å². The van der Waals surface area contributed by atoms with E-state index in [1.165, 1.54) is 10.5 Å². The minimum atomic E-state index is 0.166. The molecule has 2 nitrogen and oxygen atoms in total. The third-order valence-corrected chi connectivity index (χ3v) is 3.77. The van der Waals surface area contributed by atoms with Crippen molar-refractivity contribution in [3.63, 3.8) is 0 Å². The van der Waals surface area contributed by atoms with E-state index in [1.807, 2.05) is 6.07 Å². The standard InChI is InChI=1S/C16H19NOS/c1-18-12-15(13-8-4-3-5-9-13)17-14-10-6-7-11-16(14)19-2/h3-11,15,17H,12H2,1-2H3. The highest BCUT2D eigenvalue weighted by molar-refractivity contribution is 7.98. The molecule has 0 heterocycles. The van der Waals surface area contributed by atoms with E-state index in [-0.39, 0.29) is 6.04 Å². The molecular weight excluding hydrogens is 254 g/mol. The number of ether oxygens (including phenoxy) is 1. The van der Waals surface area contributed by atoms with Gasteiger partial charge in [-0.1, -0.05) is 42.5 Å². The Bertz CT molecular complexity index is 501. The van der Waals surface area contributed by atoms with Crippen LogP contribution < -0.4 is 5.32 Å². The molecule has 0 spiro atoms. The van der Waals surface area contributed by atoms with Crippen molar-refractivity contribution in [2.75, 3.05) is 25.3 Å². The molecule has 2 aromatic rings. The number of nitrogens with one attached hydrogen (secondary N) is 1. The summed E-state index contributed by atoms with van der Waals surface area (Å²) in [5.41, 5.74) is 2.39. The summed E-state index contributed by atoms with van der Waals surface area (Å²) < 4.78 is 5.33. The summed E-state index contributed by atoms with van der Waals surface area (Å²) in [7, 11) is 1.73. The summed E-state index contributed by atoms with van der Waals surface area (Å²) in [5, 5.41) is 3.57. The molecule has 0 fully saturated rings. The Hall–Kier alpha value is -1.45. The smallest absolute Gasteiger partial charge is 0.0747 e. The van der Waals surface area contributed by atoms with Gasteiger partial charge in [0.25, 0.3) is 0 Å². The predicted molar refractivity (Wildman–Crippen MR) is 82.9 cm³/mol. The van der Waals surface area contributed by atoms with Crippen LogP contribution in [0.5, 0.6) is 0 Å². The van der Waals surface area contributed by atoms with Gasteiger partial charge in [-0.05, 0) is 24.0 Å². The minimum absolute atomic E-state index is 0.166. The first kappa shape index (κ1) is 14.0. The summed E-state index contributed by atoms with van der Waals surface area (Å²) in [4.78, 5) is 1.25. The predicted octanol–water partition coefficient (Wildman–Crippen LogP) is 4.21. The van der Waals surface area contributed by atoms with Crippen LogP contribution in [0.25, 0.3) is 0 Å². The maximum Gasteiger partial charge on any atom is 0.0747 e. The SMILES string of the molecule is COCC(Nc1ccccc1SC)c1ccccc1. The Morgan fingerprint density at radius 3 is 2.42 bits per heavy atom. The minimum Gasteiger partial charge on any atom is -0.382 e. The lowest BCUT2D eigenvalue weighted by atomic mass is 10.1. The van der Waals surface area contributed by atoms with Gasteiger partial charge in [-0.15, -0.1) is 11.8 Å². The Kier molecular flexibility index (Phi) is 5.31. The largest absolute Gasteiger partial charge is 0.382 e. The van der Waals surface area contributed by atoms with Crippen molar-refractivity contribution in [1.29, 1.82) is 0 Å². The molecule has 2 rings (SSSR count). The Labute approximate surface area is 119 Å². The molecule has 1 unspecified atom stereocenters. The summed E-state index contributed by atoms with van der Waals surface area (Å²) >= 11 is 1.75. The average molecular weight is 273 g/mol. The number of anilines is 1. The number of benzene rings is 2. The number of hydrogen-bond donors (Lipinski definition) is 1. The molecule has 0 aliphatic heterocycles. The summed E-state index contributed by atoms with van der Waals surface area (Å²) in [6.07, 6.45) is 2.09. The number of rotatable bonds is 6. The maximum absolute atomic E-state index is 5.33.